The van der Waals surface area contributed by atoms with Crippen LogP contribution in [0, 0.1) is 0 Å². The Morgan fingerprint density at radius 3 is 2.19 bits per heavy atom. The highest BCUT2D eigenvalue weighted by atomic mass is 16.5. The van der Waals surface area contributed by atoms with Crippen molar-refractivity contribution in [3.63, 3.8) is 0 Å². The topological polar surface area (TPSA) is 21.3 Å². The summed E-state index contributed by atoms with van der Waals surface area (Å²) in [6.07, 6.45) is 2.18. The summed E-state index contributed by atoms with van der Waals surface area (Å²) in [5.74, 6) is 0. The minimum absolute atomic E-state index is 0.219. The Hall–Kier alpha value is -1.64. The Bertz CT molecular complexity index is 556. The SMILES string of the molecule is CC1(NCc2ccc(-c3ccccc3)cc2)CCOCC1. The fourth-order valence-corrected chi connectivity index (χ4v) is 2.76. The fraction of sp³-hybridized carbons (Fsp3) is 0.368. The Labute approximate surface area is 127 Å². The molecule has 0 bridgehead atoms. The van der Waals surface area contributed by atoms with E-state index >= 15 is 0 Å². The van der Waals surface area contributed by atoms with Gasteiger partial charge in [-0.05, 0) is 36.5 Å². The number of hydrogen-bond donors (Lipinski definition) is 1. The molecule has 3 rings (SSSR count). The molecule has 2 aromatic rings. The molecule has 1 saturated heterocycles. The molecule has 2 heteroatoms. The molecule has 1 N–H and O–H groups in total. The van der Waals surface area contributed by atoms with Gasteiger partial charge in [0.1, 0.15) is 0 Å². The number of nitrogens with one attached hydrogen (secondary N) is 1. The van der Waals surface area contributed by atoms with E-state index in [2.05, 4.69) is 66.8 Å². The molecule has 0 aromatic heterocycles. The lowest BCUT2D eigenvalue weighted by atomic mass is 9.92. The molecule has 2 nitrogen and oxygen atoms in total. The lowest BCUT2D eigenvalue weighted by Gasteiger charge is -2.34. The van der Waals surface area contributed by atoms with Crippen molar-refractivity contribution in [3.05, 3.63) is 60.2 Å². The van der Waals surface area contributed by atoms with E-state index in [0.717, 1.165) is 32.6 Å². The lowest BCUT2D eigenvalue weighted by Crippen LogP contribution is -2.46. The van der Waals surface area contributed by atoms with Gasteiger partial charge in [-0.15, -0.1) is 0 Å². The molecule has 0 amide bonds. The minimum Gasteiger partial charge on any atom is -0.381 e. The molecule has 1 fully saturated rings. The molecule has 0 unspecified atom stereocenters. The standard InChI is InChI=1S/C19H23NO/c1-19(11-13-21-14-12-19)20-15-16-7-9-18(10-8-16)17-5-3-2-4-6-17/h2-10,20H,11-15H2,1H3. The first-order valence-electron chi connectivity index (χ1n) is 7.72. The van der Waals surface area contributed by atoms with E-state index in [1.54, 1.807) is 0 Å². The van der Waals surface area contributed by atoms with Crippen molar-refractivity contribution in [2.24, 2.45) is 0 Å². The van der Waals surface area contributed by atoms with Gasteiger partial charge in [-0.1, -0.05) is 54.6 Å². The summed E-state index contributed by atoms with van der Waals surface area (Å²) >= 11 is 0. The van der Waals surface area contributed by atoms with Crippen LogP contribution in [0.1, 0.15) is 25.3 Å². The van der Waals surface area contributed by atoms with Crippen molar-refractivity contribution in [3.8, 4) is 11.1 Å². The molecule has 2 aromatic carbocycles. The summed E-state index contributed by atoms with van der Waals surface area (Å²) in [4.78, 5) is 0. The maximum absolute atomic E-state index is 5.44. The molecule has 21 heavy (non-hydrogen) atoms. The number of ether oxygens (including phenoxy) is 1. The van der Waals surface area contributed by atoms with Gasteiger partial charge < -0.3 is 10.1 Å². The van der Waals surface area contributed by atoms with Crippen LogP contribution in [0.15, 0.2) is 54.6 Å². The van der Waals surface area contributed by atoms with Crippen LogP contribution in [-0.2, 0) is 11.3 Å². The van der Waals surface area contributed by atoms with E-state index in [1.807, 2.05) is 0 Å². The Morgan fingerprint density at radius 1 is 0.905 bits per heavy atom. The van der Waals surface area contributed by atoms with Crippen molar-refractivity contribution in [2.75, 3.05) is 13.2 Å². The van der Waals surface area contributed by atoms with Crippen LogP contribution in [-0.4, -0.2) is 18.8 Å². The van der Waals surface area contributed by atoms with Gasteiger partial charge in [0.25, 0.3) is 0 Å². The molecule has 0 radical (unpaired) electrons. The summed E-state index contributed by atoms with van der Waals surface area (Å²) in [7, 11) is 0. The first-order valence-corrected chi connectivity index (χ1v) is 7.72. The summed E-state index contributed by atoms with van der Waals surface area (Å²) < 4.78 is 5.44. The highest BCUT2D eigenvalue weighted by Gasteiger charge is 2.26. The third kappa shape index (κ3) is 3.72. The molecule has 0 saturated carbocycles. The van der Waals surface area contributed by atoms with Crippen LogP contribution in [0.5, 0.6) is 0 Å². The van der Waals surface area contributed by atoms with E-state index in [4.69, 9.17) is 4.74 Å². The zero-order valence-corrected chi connectivity index (χ0v) is 12.6. The van der Waals surface area contributed by atoms with Crippen LogP contribution < -0.4 is 5.32 Å². The second-order valence-corrected chi connectivity index (χ2v) is 6.09. The van der Waals surface area contributed by atoms with Crippen LogP contribution in [0.3, 0.4) is 0 Å². The third-order valence-electron chi connectivity index (χ3n) is 4.38. The Balaban J connectivity index is 1.62. The van der Waals surface area contributed by atoms with Crippen molar-refractivity contribution in [1.29, 1.82) is 0 Å². The first-order chi connectivity index (χ1) is 10.3. The monoisotopic (exact) mass is 281 g/mol. The highest BCUT2D eigenvalue weighted by Crippen LogP contribution is 2.22. The van der Waals surface area contributed by atoms with Crippen molar-refractivity contribution < 1.29 is 4.74 Å². The summed E-state index contributed by atoms with van der Waals surface area (Å²) in [5.41, 5.74) is 4.10. The minimum atomic E-state index is 0.219. The summed E-state index contributed by atoms with van der Waals surface area (Å²) in [5, 5.41) is 3.69. The predicted molar refractivity (Wildman–Crippen MR) is 87.2 cm³/mol. The highest BCUT2D eigenvalue weighted by molar-refractivity contribution is 5.63. The predicted octanol–water partition coefficient (Wildman–Crippen LogP) is 4.01. The molecule has 1 aliphatic heterocycles. The van der Waals surface area contributed by atoms with Gasteiger partial charge >= 0.3 is 0 Å². The van der Waals surface area contributed by atoms with Crippen LogP contribution in [0.25, 0.3) is 11.1 Å². The van der Waals surface area contributed by atoms with E-state index < -0.39 is 0 Å². The van der Waals surface area contributed by atoms with Gasteiger partial charge in [0.15, 0.2) is 0 Å². The zero-order valence-electron chi connectivity index (χ0n) is 12.6. The van der Waals surface area contributed by atoms with Gasteiger partial charge in [0.05, 0.1) is 0 Å². The van der Waals surface area contributed by atoms with E-state index in [0.29, 0.717) is 0 Å². The maximum atomic E-state index is 5.44. The second-order valence-electron chi connectivity index (χ2n) is 6.09. The largest absolute Gasteiger partial charge is 0.381 e. The fourth-order valence-electron chi connectivity index (χ4n) is 2.76. The average Bonchev–Trinajstić information content (AvgIpc) is 2.55. The van der Waals surface area contributed by atoms with Gasteiger partial charge in [0.2, 0.25) is 0 Å². The van der Waals surface area contributed by atoms with Crippen molar-refractivity contribution >= 4 is 0 Å². The molecule has 1 heterocycles. The number of rotatable bonds is 4. The van der Waals surface area contributed by atoms with Gasteiger partial charge in [-0.25, -0.2) is 0 Å². The number of benzene rings is 2. The van der Waals surface area contributed by atoms with Crippen molar-refractivity contribution in [1.82, 2.24) is 5.32 Å². The summed E-state index contributed by atoms with van der Waals surface area (Å²) in [6, 6.07) is 19.4. The maximum Gasteiger partial charge on any atom is 0.0483 e. The average molecular weight is 281 g/mol. The molecule has 1 aliphatic rings. The first kappa shape index (κ1) is 14.3. The smallest absolute Gasteiger partial charge is 0.0483 e. The second kappa shape index (κ2) is 6.42. The number of hydrogen-bond acceptors (Lipinski definition) is 2. The quantitative estimate of drug-likeness (QED) is 0.914. The molecule has 0 spiro atoms. The Kier molecular flexibility index (Phi) is 4.37. The van der Waals surface area contributed by atoms with Crippen LogP contribution in [0.2, 0.25) is 0 Å². The Morgan fingerprint density at radius 2 is 1.52 bits per heavy atom. The zero-order chi connectivity index (χ0) is 14.5. The normalized spacial score (nSPS) is 17.6. The molecule has 0 atom stereocenters. The van der Waals surface area contributed by atoms with Crippen LogP contribution in [0.4, 0.5) is 0 Å². The van der Waals surface area contributed by atoms with E-state index in [9.17, 15) is 0 Å². The van der Waals surface area contributed by atoms with E-state index in [1.165, 1.54) is 16.7 Å². The molecular formula is C19H23NO. The van der Waals surface area contributed by atoms with Crippen molar-refractivity contribution in [2.45, 2.75) is 31.8 Å². The van der Waals surface area contributed by atoms with Gasteiger partial charge in [-0.3, -0.25) is 0 Å². The van der Waals surface area contributed by atoms with Gasteiger partial charge in [-0.2, -0.15) is 0 Å². The van der Waals surface area contributed by atoms with E-state index in [-0.39, 0.29) is 5.54 Å². The molecular weight excluding hydrogens is 258 g/mol. The third-order valence-corrected chi connectivity index (χ3v) is 4.38. The summed E-state index contributed by atoms with van der Waals surface area (Å²) in [6.45, 7) is 4.96. The van der Waals surface area contributed by atoms with Crippen LogP contribution >= 0.6 is 0 Å². The lowest BCUT2D eigenvalue weighted by molar-refractivity contribution is 0.0446. The molecule has 110 valence electrons. The molecule has 0 aliphatic carbocycles. The van der Waals surface area contributed by atoms with Gasteiger partial charge in [0, 0.05) is 25.3 Å².